The molecule has 0 spiro atoms. The highest BCUT2D eigenvalue weighted by Gasteiger charge is 2.53. The summed E-state index contributed by atoms with van der Waals surface area (Å²) in [6.45, 7) is 0. The molecule has 1 saturated carbocycles. The van der Waals surface area contributed by atoms with Gasteiger partial charge in [-0.25, -0.2) is 4.79 Å². The monoisotopic (exact) mass is 321 g/mol. The predicted octanol–water partition coefficient (Wildman–Crippen LogP) is 1.80. The van der Waals surface area contributed by atoms with Gasteiger partial charge in [0.15, 0.2) is 5.78 Å². The molecule has 1 aromatic rings. The molecule has 21 heavy (non-hydrogen) atoms. The molecule has 110 valence electrons. The van der Waals surface area contributed by atoms with Gasteiger partial charge >= 0.3 is 5.97 Å². The third kappa shape index (κ3) is 2.63. The van der Waals surface area contributed by atoms with Gasteiger partial charge in [-0.3, -0.25) is 4.79 Å². The van der Waals surface area contributed by atoms with Crippen molar-refractivity contribution in [1.29, 1.82) is 0 Å². The SMILES string of the molecule is N[C@@H]1C(=O)C2C(C(=O)O)=C(CSc3ccccc3)CS[C@@H]21. The Morgan fingerprint density at radius 1 is 1.38 bits per heavy atom. The summed E-state index contributed by atoms with van der Waals surface area (Å²) in [4.78, 5) is 24.5. The van der Waals surface area contributed by atoms with Gasteiger partial charge < -0.3 is 10.8 Å². The number of benzene rings is 1. The third-order valence-electron chi connectivity index (χ3n) is 3.85. The number of carboxylic acid groups (broad SMARTS) is 1. The van der Waals surface area contributed by atoms with E-state index in [4.69, 9.17) is 5.73 Å². The molecule has 0 saturated heterocycles. The first-order valence-electron chi connectivity index (χ1n) is 6.63. The average Bonchev–Trinajstić information content (AvgIpc) is 2.52. The van der Waals surface area contributed by atoms with Crippen LogP contribution in [0.4, 0.5) is 0 Å². The minimum absolute atomic E-state index is 0.0610. The van der Waals surface area contributed by atoms with E-state index >= 15 is 0 Å². The second-order valence-corrected chi connectivity index (χ2v) is 7.32. The lowest BCUT2D eigenvalue weighted by molar-refractivity contribution is -0.138. The van der Waals surface area contributed by atoms with Gasteiger partial charge in [0.2, 0.25) is 0 Å². The van der Waals surface area contributed by atoms with E-state index in [1.807, 2.05) is 30.3 Å². The number of nitrogens with two attached hydrogens (primary N) is 1. The van der Waals surface area contributed by atoms with Crippen molar-refractivity contribution in [1.82, 2.24) is 0 Å². The number of hydrogen-bond acceptors (Lipinski definition) is 5. The molecule has 1 aromatic carbocycles. The highest BCUT2D eigenvalue weighted by Crippen LogP contribution is 2.45. The predicted molar refractivity (Wildman–Crippen MR) is 84.5 cm³/mol. The van der Waals surface area contributed by atoms with Crippen molar-refractivity contribution in [2.75, 3.05) is 11.5 Å². The first-order chi connectivity index (χ1) is 10.1. The molecular formula is C15H15NO3S2. The Morgan fingerprint density at radius 3 is 2.76 bits per heavy atom. The summed E-state index contributed by atoms with van der Waals surface area (Å²) < 4.78 is 0. The van der Waals surface area contributed by atoms with E-state index in [1.54, 1.807) is 23.5 Å². The molecule has 3 N–H and O–H groups in total. The number of aliphatic carboxylic acids is 1. The van der Waals surface area contributed by atoms with Gasteiger partial charge in [0, 0.05) is 27.2 Å². The molecule has 1 aliphatic carbocycles. The Balaban J connectivity index is 1.81. The van der Waals surface area contributed by atoms with Crippen LogP contribution in [0.3, 0.4) is 0 Å². The van der Waals surface area contributed by atoms with E-state index in [-0.39, 0.29) is 16.6 Å². The Hall–Kier alpha value is -1.24. The zero-order valence-corrected chi connectivity index (χ0v) is 12.8. The number of ketones is 1. The summed E-state index contributed by atoms with van der Waals surface area (Å²) in [5, 5.41) is 9.40. The number of thioether (sulfide) groups is 2. The molecule has 0 aromatic heterocycles. The molecule has 2 aliphatic rings. The lowest BCUT2D eigenvalue weighted by Gasteiger charge is -2.44. The zero-order chi connectivity index (χ0) is 15.0. The summed E-state index contributed by atoms with van der Waals surface area (Å²) >= 11 is 3.21. The van der Waals surface area contributed by atoms with Gasteiger partial charge in [0.25, 0.3) is 0 Å². The van der Waals surface area contributed by atoms with E-state index < -0.39 is 17.9 Å². The van der Waals surface area contributed by atoms with Crippen molar-refractivity contribution >= 4 is 35.3 Å². The van der Waals surface area contributed by atoms with E-state index in [2.05, 4.69) is 0 Å². The molecule has 0 amide bonds. The van der Waals surface area contributed by atoms with Crippen LogP contribution in [0.1, 0.15) is 0 Å². The molecule has 0 radical (unpaired) electrons. The van der Waals surface area contributed by atoms with E-state index in [9.17, 15) is 14.7 Å². The summed E-state index contributed by atoms with van der Waals surface area (Å²) in [5.41, 5.74) is 6.89. The normalized spacial score (nSPS) is 28.0. The maximum absolute atomic E-state index is 11.9. The molecule has 0 bridgehead atoms. The van der Waals surface area contributed by atoms with E-state index in [0.29, 0.717) is 11.5 Å². The largest absolute Gasteiger partial charge is 0.478 e. The Bertz CT molecular complexity index is 615. The van der Waals surface area contributed by atoms with Crippen LogP contribution in [-0.4, -0.2) is 39.7 Å². The van der Waals surface area contributed by atoms with Gasteiger partial charge in [-0.15, -0.1) is 11.8 Å². The topological polar surface area (TPSA) is 80.4 Å². The first kappa shape index (κ1) is 14.7. The number of carbonyl (C=O) groups is 2. The van der Waals surface area contributed by atoms with Crippen LogP contribution in [-0.2, 0) is 9.59 Å². The molecule has 6 heteroatoms. The van der Waals surface area contributed by atoms with Crippen LogP contribution in [0, 0.1) is 5.92 Å². The van der Waals surface area contributed by atoms with Crippen molar-refractivity contribution in [3.63, 3.8) is 0 Å². The maximum Gasteiger partial charge on any atom is 0.332 e. The Kier molecular flexibility index (Phi) is 4.10. The average molecular weight is 321 g/mol. The third-order valence-corrected chi connectivity index (χ3v) is 6.41. The van der Waals surface area contributed by atoms with E-state index in [0.717, 1.165) is 10.5 Å². The van der Waals surface area contributed by atoms with Crippen LogP contribution in [0.25, 0.3) is 0 Å². The Labute approximate surface area is 131 Å². The summed E-state index contributed by atoms with van der Waals surface area (Å²) in [6, 6.07) is 9.34. The van der Waals surface area contributed by atoms with Crippen molar-refractivity contribution in [2.45, 2.75) is 16.2 Å². The molecule has 3 atom stereocenters. The molecule has 3 rings (SSSR count). The lowest BCUT2D eigenvalue weighted by atomic mass is 9.72. The highest BCUT2D eigenvalue weighted by molar-refractivity contribution is 8.01. The van der Waals surface area contributed by atoms with Gasteiger partial charge in [-0.05, 0) is 17.7 Å². The fraction of sp³-hybridized carbons (Fsp3) is 0.333. The maximum atomic E-state index is 11.9. The Morgan fingerprint density at radius 2 is 2.10 bits per heavy atom. The summed E-state index contributed by atoms with van der Waals surface area (Å²) in [5.74, 6) is -0.378. The van der Waals surface area contributed by atoms with Gasteiger partial charge in [0.1, 0.15) is 0 Å². The highest BCUT2D eigenvalue weighted by atomic mass is 32.2. The minimum Gasteiger partial charge on any atom is -0.478 e. The van der Waals surface area contributed by atoms with Crippen molar-refractivity contribution < 1.29 is 14.7 Å². The number of carbonyl (C=O) groups excluding carboxylic acids is 1. The van der Waals surface area contributed by atoms with Gasteiger partial charge in [0.05, 0.1) is 12.0 Å². The van der Waals surface area contributed by atoms with Crippen LogP contribution in [0.15, 0.2) is 46.4 Å². The quantitative estimate of drug-likeness (QED) is 0.823. The molecule has 4 nitrogen and oxygen atoms in total. The van der Waals surface area contributed by atoms with Crippen molar-refractivity contribution in [3.8, 4) is 0 Å². The van der Waals surface area contributed by atoms with Crippen LogP contribution in [0.2, 0.25) is 0 Å². The van der Waals surface area contributed by atoms with Crippen molar-refractivity contribution in [2.24, 2.45) is 11.7 Å². The van der Waals surface area contributed by atoms with Gasteiger partial charge in [-0.1, -0.05) is 18.2 Å². The van der Waals surface area contributed by atoms with Gasteiger partial charge in [-0.2, -0.15) is 11.8 Å². The fourth-order valence-electron chi connectivity index (χ4n) is 2.71. The minimum atomic E-state index is -0.978. The number of rotatable bonds is 4. The van der Waals surface area contributed by atoms with Crippen LogP contribution >= 0.6 is 23.5 Å². The van der Waals surface area contributed by atoms with Crippen LogP contribution < -0.4 is 5.73 Å². The second-order valence-electron chi connectivity index (χ2n) is 5.11. The smallest absolute Gasteiger partial charge is 0.332 e. The number of carboxylic acids is 1. The van der Waals surface area contributed by atoms with E-state index in [1.165, 1.54) is 0 Å². The second kappa shape index (κ2) is 5.87. The summed E-state index contributed by atoms with van der Waals surface area (Å²) in [7, 11) is 0. The first-order valence-corrected chi connectivity index (χ1v) is 8.67. The fourth-order valence-corrected chi connectivity index (χ4v) is 5.24. The number of hydrogen-bond donors (Lipinski definition) is 2. The summed E-state index contributed by atoms with van der Waals surface area (Å²) in [6.07, 6.45) is 0. The molecule has 1 heterocycles. The number of fused-ring (bicyclic) bond motifs is 1. The van der Waals surface area contributed by atoms with Crippen molar-refractivity contribution in [3.05, 3.63) is 41.5 Å². The molecule has 1 fully saturated rings. The number of Topliss-reactive ketones (excluding diaryl/α,β-unsaturated/α-hetero) is 1. The molecule has 1 unspecified atom stereocenters. The molecule has 1 aliphatic heterocycles. The standard InChI is InChI=1S/C15H15NO3S2/c16-12-13(17)11-10(15(18)19)8(7-21-14(11)12)6-20-9-4-2-1-3-5-9/h1-5,11-12,14H,6-7,16H2,(H,18,19)/t11?,12-,14+/m1/s1. The molecular weight excluding hydrogens is 306 g/mol. The zero-order valence-electron chi connectivity index (χ0n) is 11.2. The lowest BCUT2D eigenvalue weighted by Crippen LogP contribution is -2.62. The van der Waals surface area contributed by atoms with Crippen LogP contribution in [0.5, 0.6) is 0 Å².